The van der Waals surface area contributed by atoms with Crippen molar-refractivity contribution in [1.29, 1.82) is 0 Å². The molecule has 1 aliphatic carbocycles. The summed E-state index contributed by atoms with van der Waals surface area (Å²) >= 11 is 1.76. The van der Waals surface area contributed by atoms with Crippen molar-refractivity contribution >= 4 is 21.8 Å². The molecule has 1 aromatic rings. The zero-order valence-corrected chi connectivity index (χ0v) is 13.6. The molecule has 0 heterocycles. The van der Waals surface area contributed by atoms with Crippen molar-refractivity contribution in [1.82, 2.24) is 4.72 Å². The van der Waals surface area contributed by atoms with E-state index in [1.807, 2.05) is 6.26 Å². The Morgan fingerprint density at radius 1 is 1.43 bits per heavy atom. The first kappa shape index (κ1) is 16.7. The largest absolute Gasteiger partial charge is 0.326 e. The van der Waals surface area contributed by atoms with Gasteiger partial charge in [-0.1, -0.05) is 12.5 Å². The van der Waals surface area contributed by atoms with Gasteiger partial charge in [0, 0.05) is 17.8 Å². The molecule has 118 valence electrons. The van der Waals surface area contributed by atoms with Crippen LogP contribution in [0.15, 0.2) is 23.1 Å². The quantitative estimate of drug-likeness (QED) is 0.867. The lowest BCUT2D eigenvalue weighted by atomic mass is 9.96. The summed E-state index contributed by atoms with van der Waals surface area (Å²) in [6.07, 6.45) is 5.72. The molecule has 2 unspecified atom stereocenters. The molecule has 3 N–H and O–H groups in total. The number of rotatable bonds is 5. The molecule has 0 amide bonds. The van der Waals surface area contributed by atoms with E-state index in [4.69, 9.17) is 5.73 Å². The van der Waals surface area contributed by atoms with Gasteiger partial charge in [0.05, 0.1) is 0 Å². The van der Waals surface area contributed by atoms with Crippen molar-refractivity contribution < 1.29 is 12.8 Å². The van der Waals surface area contributed by atoms with Crippen LogP contribution in [-0.2, 0) is 16.6 Å². The number of benzene rings is 1. The number of sulfonamides is 1. The highest BCUT2D eigenvalue weighted by molar-refractivity contribution is 7.99. The monoisotopic (exact) mass is 332 g/mol. The molecule has 0 saturated heterocycles. The van der Waals surface area contributed by atoms with Gasteiger partial charge in [-0.15, -0.1) is 0 Å². The number of nitrogens with two attached hydrogens (primary N) is 1. The molecule has 4 nitrogen and oxygen atoms in total. The number of thioether (sulfide) groups is 1. The lowest BCUT2D eigenvalue weighted by molar-refractivity contribution is 0.419. The predicted molar refractivity (Wildman–Crippen MR) is 84.2 cm³/mol. The Morgan fingerprint density at radius 2 is 2.19 bits per heavy atom. The Labute approximate surface area is 129 Å². The lowest BCUT2D eigenvalue weighted by Gasteiger charge is -2.28. The Hall–Kier alpha value is -0.630. The van der Waals surface area contributed by atoms with E-state index < -0.39 is 15.8 Å². The van der Waals surface area contributed by atoms with Crippen LogP contribution >= 0.6 is 11.8 Å². The average molecular weight is 332 g/mol. The molecule has 7 heteroatoms. The summed E-state index contributed by atoms with van der Waals surface area (Å²) in [5, 5.41) is 0.465. The third-order valence-electron chi connectivity index (χ3n) is 3.80. The molecule has 1 aromatic carbocycles. The van der Waals surface area contributed by atoms with Crippen LogP contribution in [-0.4, -0.2) is 26.0 Å². The second kappa shape index (κ2) is 7.09. The molecule has 1 aliphatic rings. The number of hydrogen-bond acceptors (Lipinski definition) is 4. The van der Waals surface area contributed by atoms with Crippen LogP contribution in [0.1, 0.15) is 31.2 Å². The fourth-order valence-electron chi connectivity index (χ4n) is 2.63. The van der Waals surface area contributed by atoms with Crippen LogP contribution in [0.4, 0.5) is 4.39 Å². The van der Waals surface area contributed by atoms with Gasteiger partial charge in [-0.25, -0.2) is 17.5 Å². The fraction of sp³-hybridized carbons (Fsp3) is 0.571. The van der Waals surface area contributed by atoms with Gasteiger partial charge < -0.3 is 5.73 Å². The van der Waals surface area contributed by atoms with E-state index in [-0.39, 0.29) is 17.5 Å². The predicted octanol–water partition coefficient (Wildman–Crippen LogP) is 2.24. The van der Waals surface area contributed by atoms with Gasteiger partial charge in [0.15, 0.2) is 0 Å². The number of nitrogens with one attached hydrogen (secondary N) is 1. The maximum Gasteiger partial charge on any atom is 0.243 e. The smallest absolute Gasteiger partial charge is 0.243 e. The van der Waals surface area contributed by atoms with Gasteiger partial charge in [0.25, 0.3) is 0 Å². The molecular weight excluding hydrogens is 311 g/mol. The molecule has 2 atom stereocenters. The van der Waals surface area contributed by atoms with E-state index in [0.29, 0.717) is 10.8 Å². The number of hydrogen-bond donors (Lipinski definition) is 2. The van der Waals surface area contributed by atoms with Crippen molar-refractivity contribution in [3.8, 4) is 0 Å². The molecule has 0 spiro atoms. The maximum absolute atomic E-state index is 13.8. The second-order valence-corrected chi connectivity index (χ2v) is 8.13. The van der Waals surface area contributed by atoms with Crippen LogP contribution in [0.5, 0.6) is 0 Å². The molecule has 2 rings (SSSR count). The van der Waals surface area contributed by atoms with Crippen LogP contribution in [0.3, 0.4) is 0 Å². The highest BCUT2D eigenvalue weighted by Crippen LogP contribution is 2.28. The molecule has 1 saturated carbocycles. The summed E-state index contributed by atoms with van der Waals surface area (Å²) in [7, 11) is -3.84. The van der Waals surface area contributed by atoms with Gasteiger partial charge in [-0.3, -0.25) is 0 Å². The normalized spacial score (nSPS) is 23.2. The lowest BCUT2D eigenvalue weighted by Crippen LogP contribution is -2.39. The van der Waals surface area contributed by atoms with Crippen molar-refractivity contribution in [3.05, 3.63) is 29.6 Å². The summed E-state index contributed by atoms with van der Waals surface area (Å²) in [5.41, 5.74) is 6.09. The Bertz CT molecular complexity index is 593. The highest BCUT2D eigenvalue weighted by atomic mass is 32.2. The Morgan fingerprint density at radius 3 is 2.86 bits per heavy atom. The SMILES string of the molecule is CSC1CCCC(NS(=O)(=O)c2cc(CN)ccc2F)C1. The average Bonchev–Trinajstić information content (AvgIpc) is 2.47. The highest BCUT2D eigenvalue weighted by Gasteiger charge is 2.27. The van der Waals surface area contributed by atoms with Gasteiger partial charge >= 0.3 is 0 Å². The molecule has 0 radical (unpaired) electrons. The van der Waals surface area contributed by atoms with Crippen molar-refractivity contribution in [2.45, 2.75) is 48.4 Å². The zero-order valence-electron chi connectivity index (χ0n) is 12.0. The minimum atomic E-state index is -3.84. The summed E-state index contributed by atoms with van der Waals surface area (Å²) in [5.74, 6) is -0.739. The van der Waals surface area contributed by atoms with Crippen molar-refractivity contribution in [2.24, 2.45) is 5.73 Å². The standard InChI is InChI=1S/C14H21FN2O2S2/c1-20-12-4-2-3-11(8-12)17-21(18,19)14-7-10(9-16)5-6-13(14)15/h5-7,11-12,17H,2-4,8-9,16H2,1H3. The second-order valence-electron chi connectivity index (χ2n) is 5.31. The summed E-state index contributed by atoms with van der Waals surface area (Å²) < 4.78 is 41.3. The van der Waals surface area contributed by atoms with Gasteiger partial charge in [-0.2, -0.15) is 11.8 Å². The molecule has 1 fully saturated rings. The van der Waals surface area contributed by atoms with Crippen LogP contribution < -0.4 is 10.5 Å². The van der Waals surface area contributed by atoms with E-state index in [9.17, 15) is 12.8 Å². The van der Waals surface area contributed by atoms with Gasteiger partial charge in [-0.05, 0) is 43.2 Å². The van der Waals surface area contributed by atoms with Crippen LogP contribution in [0, 0.1) is 5.82 Å². The minimum absolute atomic E-state index is 0.123. The van der Waals surface area contributed by atoms with Gasteiger partial charge in [0.2, 0.25) is 10.0 Å². The first-order valence-electron chi connectivity index (χ1n) is 7.00. The Kier molecular flexibility index (Phi) is 5.65. The van der Waals surface area contributed by atoms with E-state index in [1.54, 1.807) is 11.8 Å². The minimum Gasteiger partial charge on any atom is -0.326 e. The zero-order chi connectivity index (χ0) is 15.5. The Balaban J connectivity index is 2.18. The molecule has 21 heavy (non-hydrogen) atoms. The number of halogens is 1. The van der Waals surface area contributed by atoms with Crippen molar-refractivity contribution in [2.75, 3.05) is 6.26 Å². The topological polar surface area (TPSA) is 72.2 Å². The first-order chi connectivity index (χ1) is 9.96. The third kappa shape index (κ3) is 4.18. The summed E-state index contributed by atoms with van der Waals surface area (Å²) in [4.78, 5) is -0.309. The summed E-state index contributed by atoms with van der Waals surface area (Å²) in [6.45, 7) is 0.181. The van der Waals surface area contributed by atoms with E-state index >= 15 is 0 Å². The third-order valence-corrected chi connectivity index (χ3v) is 6.43. The molecule has 0 aromatic heterocycles. The van der Waals surface area contributed by atoms with Crippen molar-refractivity contribution in [3.63, 3.8) is 0 Å². The van der Waals surface area contributed by atoms with E-state index in [0.717, 1.165) is 31.7 Å². The van der Waals surface area contributed by atoms with E-state index in [2.05, 4.69) is 4.72 Å². The first-order valence-corrected chi connectivity index (χ1v) is 9.77. The van der Waals surface area contributed by atoms with Gasteiger partial charge in [0.1, 0.15) is 10.7 Å². The van der Waals surface area contributed by atoms with Crippen LogP contribution in [0.25, 0.3) is 0 Å². The molecule has 0 aliphatic heterocycles. The molecule has 0 bridgehead atoms. The van der Waals surface area contributed by atoms with E-state index in [1.165, 1.54) is 12.1 Å². The van der Waals surface area contributed by atoms with Crippen LogP contribution in [0.2, 0.25) is 0 Å². The fourth-order valence-corrected chi connectivity index (χ4v) is 4.87. The summed E-state index contributed by atoms with van der Waals surface area (Å²) in [6, 6.07) is 3.84. The molecular formula is C14H21FN2O2S2. The maximum atomic E-state index is 13.8.